The summed E-state index contributed by atoms with van der Waals surface area (Å²) >= 11 is 0. The lowest BCUT2D eigenvalue weighted by Gasteiger charge is -2.24. The van der Waals surface area contributed by atoms with Crippen LogP contribution in [0.15, 0.2) is 12.3 Å². The lowest BCUT2D eigenvalue weighted by atomic mass is 9.95. The summed E-state index contributed by atoms with van der Waals surface area (Å²) in [6, 6.07) is 2.55. The van der Waals surface area contributed by atoms with Crippen molar-refractivity contribution in [3.8, 4) is 0 Å². The van der Waals surface area contributed by atoms with Gasteiger partial charge in [-0.15, -0.1) is 0 Å². The smallest absolute Gasteiger partial charge is 0.0807 e. The third kappa shape index (κ3) is 1.50. The quantitative estimate of drug-likeness (QED) is 0.789. The Morgan fingerprint density at radius 1 is 1.44 bits per heavy atom. The Kier molecular flexibility index (Phi) is 2.52. The standard InChI is InChI=1S/C13H19NO2/c1-9-11(6-8-16-9)14-7-5-10-12(14)3-2-4-13(10)15/h5,7,9,11,13,15H,2-4,6,8H2,1H3. The number of aromatic nitrogens is 1. The SMILES string of the molecule is CC1OCCC1n1ccc2c1CCCC2O. The van der Waals surface area contributed by atoms with Crippen LogP contribution in [0.1, 0.15) is 49.6 Å². The molecular formula is C13H19NO2. The first-order chi connectivity index (χ1) is 7.77. The van der Waals surface area contributed by atoms with Crippen molar-refractivity contribution in [3.05, 3.63) is 23.5 Å². The molecule has 1 aliphatic carbocycles. The van der Waals surface area contributed by atoms with Crippen LogP contribution in [0.4, 0.5) is 0 Å². The molecule has 0 saturated carbocycles. The van der Waals surface area contributed by atoms with Crippen LogP contribution in [0.2, 0.25) is 0 Å². The maximum absolute atomic E-state index is 9.94. The number of aliphatic hydroxyl groups excluding tert-OH is 1. The van der Waals surface area contributed by atoms with E-state index in [1.165, 1.54) is 5.69 Å². The Morgan fingerprint density at radius 2 is 2.31 bits per heavy atom. The fraction of sp³-hybridized carbons (Fsp3) is 0.692. The van der Waals surface area contributed by atoms with Crippen molar-refractivity contribution in [3.63, 3.8) is 0 Å². The van der Waals surface area contributed by atoms with Gasteiger partial charge in [0, 0.05) is 24.1 Å². The van der Waals surface area contributed by atoms with Gasteiger partial charge in [-0.25, -0.2) is 0 Å². The van der Waals surface area contributed by atoms with E-state index in [0.29, 0.717) is 12.1 Å². The number of ether oxygens (including phenoxy) is 1. The highest BCUT2D eigenvalue weighted by atomic mass is 16.5. The summed E-state index contributed by atoms with van der Waals surface area (Å²) in [6.45, 7) is 3.00. The molecule has 16 heavy (non-hydrogen) atoms. The second kappa shape index (κ2) is 3.90. The zero-order valence-electron chi connectivity index (χ0n) is 9.72. The van der Waals surface area contributed by atoms with Gasteiger partial charge in [-0.3, -0.25) is 0 Å². The van der Waals surface area contributed by atoms with Crippen LogP contribution in [0, 0.1) is 0 Å². The first-order valence-corrected chi connectivity index (χ1v) is 6.26. The van der Waals surface area contributed by atoms with Crippen LogP contribution in [0.3, 0.4) is 0 Å². The minimum Gasteiger partial charge on any atom is -0.388 e. The summed E-state index contributed by atoms with van der Waals surface area (Å²) in [5.74, 6) is 0. The molecule has 0 amide bonds. The van der Waals surface area contributed by atoms with Gasteiger partial charge in [0.2, 0.25) is 0 Å². The topological polar surface area (TPSA) is 34.4 Å². The summed E-state index contributed by atoms with van der Waals surface area (Å²) in [5.41, 5.74) is 2.48. The molecule has 3 heteroatoms. The molecule has 0 bridgehead atoms. The number of fused-ring (bicyclic) bond motifs is 1. The van der Waals surface area contributed by atoms with E-state index in [1.54, 1.807) is 0 Å². The van der Waals surface area contributed by atoms with Gasteiger partial charge < -0.3 is 14.4 Å². The molecule has 3 rings (SSSR count). The molecule has 1 aromatic heterocycles. The summed E-state index contributed by atoms with van der Waals surface area (Å²) in [5, 5.41) is 9.94. The zero-order valence-corrected chi connectivity index (χ0v) is 9.72. The van der Waals surface area contributed by atoms with Crippen LogP contribution < -0.4 is 0 Å². The van der Waals surface area contributed by atoms with Crippen LogP contribution in [0.25, 0.3) is 0 Å². The van der Waals surface area contributed by atoms with Gasteiger partial charge in [0.25, 0.3) is 0 Å². The van der Waals surface area contributed by atoms with Crippen LogP contribution in [0.5, 0.6) is 0 Å². The van der Waals surface area contributed by atoms with E-state index in [2.05, 4.69) is 23.8 Å². The predicted octanol–water partition coefficient (Wildman–Crippen LogP) is 2.21. The van der Waals surface area contributed by atoms with Gasteiger partial charge in [-0.2, -0.15) is 0 Å². The number of rotatable bonds is 1. The molecular weight excluding hydrogens is 202 g/mol. The van der Waals surface area contributed by atoms with E-state index in [9.17, 15) is 5.11 Å². The third-order valence-corrected chi connectivity index (χ3v) is 4.00. The second-order valence-corrected chi connectivity index (χ2v) is 4.97. The van der Waals surface area contributed by atoms with Crippen molar-refractivity contribution in [2.45, 2.75) is 50.9 Å². The third-order valence-electron chi connectivity index (χ3n) is 4.00. The van der Waals surface area contributed by atoms with Crippen molar-refractivity contribution >= 4 is 0 Å². The fourth-order valence-electron chi connectivity index (χ4n) is 3.09. The Labute approximate surface area is 96.0 Å². The van der Waals surface area contributed by atoms with E-state index in [1.807, 2.05) is 0 Å². The largest absolute Gasteiger partial charge is 0.388 e. The highest BCUT2D eigenvalue weighted by Crippen LogP contribution is 2.35. The van der Waals surface area contributed by atoms with E-state index >= 15 is 0 Å². The Balaban J connectivity index is 1.96. The van der Waals surface area contributed by atoms with Crippen molar-refractivity contribution in [2.75, 3.05) is 6.61 Å². The number of hydrogen-bond donors (Lipinski definition) is 1. The molecule has 2 aliphatic rings. The molecule has 0 spiro atoms. The van der Waals surface area contributed by atoms with E-state index in [4.69, 9.17) is 4.74 Å². The first-order valence-electron chi connectivity index (χ1n) is 6.26. The van der Waals surface area contributed by atoms with E-state index in [-0.39, 0.29) is 6.10 Å². The van der Waals surface area contributed by atoms with Crippen molar-refractivity contribution in [1.29, 1.82) is 0 Å². The van der Waals surface area contributed by atoms with Crippen LogP contribution in [-0.4, -0.2) is 22.4 Å². The molecule has 0 aromatic carbocycles. The minimum absolute atomic E-state index is 0.248. The normalized spacial score (nSPS) is 34.0. The number of aliphatic hydroxyl groups is 1. The summed E-state index contributed by atoms with van der Waals surface area (Å²) in [4.78, 5) is 0. The summed E-state index contributed by atoms with van der Waals surface area (Å²) < 4.78 is 7.97. The Morgan fingerprint density at radius 3 is 3.06 bits per heavy atom. The summed E-state index contributed by atoms with van der Waals surface area (Å²) in [7, 11) is 0. The monoisotopic (exact) mass is 221 g/mol. The van der Waals surface area contributed by atoms with Gasteiger partial charge in [0.1, 0.15) is 0 Å². The maximum Gasteiger partial charge on any atom is 0.0807 e. The molecule has 1 aromatic rings. The lowest BCUT2D eigenvalue weighted by Crippen LogP contribution is -2.20. The van der Waals surface area contributed by atoms with Crippen molar-refractivity contribution in [1.82, 2.24) is 4.57 Å². The van der Waals surface area contributed by atoms with Gasteiger partial charge in [-0.05, 0) is 38.7 Å². The van der Waals surface area contributed by atoms with E-state index in [0.717, 1.165) is 37.9 Å². The molecule has 88 valence electrons. The number of hydrogen-bond acceptors (Lipinski definition) is 2. The van der Waals surface area contributed by atoms with Gasteiger partial charge >= 0.3 is 0 Å². The maximum atomic E-state index is 9.94. The van der Waals surface area contributed by atoms with Crippen molar-refractivity contribution in [2.24, 2.45) is 0 Å². The zero-order chi connectivity index (χ0) is 11.1. The predicted molar refractivity (Wildman–Crippen MR) is 61.4 cm³/mol. The fourth-order valence-corrected chi connectivity index (χ4v) is 3.09. The van der Waals surface area contributed by atoms with Gasteiger partial charge in [-0.1, -0.05) is 0 Å². The molecule has 2 heterocycles. The molecule has 3 unspecified atom stereocenters. The Hall–Kier alpha value is -0.800. The van der Waals surface area contributed by atoms with Crippen LogP contribution >= 0.6 is 0 Å². The average Bonchev–Trinajstić information content (AvgIpc) is 2.84. The molecule has 3 atom stereocenters. The lowest BCUT2D eigenvalue weighted by molar-refractivity contribution is 0.106. The Bertz CT molecular complexity index is 385. The molecule has 3 nitrogen and oxygen atoms in total. The number of nitrogens with zero attached hydrogens (tertiary/aromatic N) is 1. The molecule has 1 aliphatic heterocycles. The molecule has 0 radical (unpaired) electrons. The highest BCUT2D eigenvalue weighted by Gasteiger charge is 2.30. The highest BCUT2D eigenvalue weighted by molar-refractivity contribution is 5.28. The van der Waals surface area contributed by atoms with Gasteiger partial charge in [0.15, 0.2) is 0 Å². The van der Waals surface area contributed by atoms with Crippen molar-refractivity contribution < 1.29 is 9.84 Å². The first kappa shape index (κ1) is 10.4. The van der Waals surface area contributed by atoms with E-state index < -0.39 is 0 Å². The second-order valence-electron chi connectivity index (χ2n) is 4.97. The average molecular weight is 221 g/mol. The minimum atomic E-state index is -0.248. The molecule has 1 fully saturated rings. The van der Waals surface area contributed by atoms with Crippen LogP contribution in [-0.2, 0) is 11.2 Å². The summed E-state index contributed by atoms with van der Waals surface area (Å²) in [6.07, 6.45) is 6.39. The van der Waals surface area contributed by atoms with Gasteiger partial charge in [0.05, 0.1) is 18.2 Å². The molecule has 1 N–H and O–H groups in total. The molecule has 1 saturated heterocycles.